The van der Waals surface area contributed by atoms with Crippen LogP contribution in [0.3, 0.4) is 0 Å². The fourth-order valence-corrected chi connectivity index (χ4v) is 4.64. The van der Waals surface area contributed by atoms with Crippen molar-refractivity contribution < 1.29 is 23.9 Å². The Labute approximate surface area is 207 Å². The summed E-state index contributed by atoms with van der Waals surface area (Å²) < 4.78 is 5.85. The molecule has 2 amide bonds. The number of ketones is 1. The van der Waals surface area contributed by atoms with Crippen LogP contribution in [-0.4, -0.2) is 39.5 Å². The molecule has 0 spiro atoms. The Kier molecular flexibility index (Phi) is 5.98. The van der Waals surface area contributed by atoms with E-state index in [1.807, 2.05) is 24.3 Å². The number of carbonyl (C=O) groups excluding carboxylic acids is 4. The van der Waals surface area contributed by atoms with Gasteiger partial charge in [0.25, 0.3) is 11.8 Å². The maximum Gasteiger partial charge on any atom is 0.330 e. The molecular weight excluding hydrogens is 456 g/mol. The molecule has 7 nitrogen and oxygen atoms in total. The molecule has 2 heterocycles. The van der Waals surface area contributed by atoms with Crippen molar-refractivity contribution in [3.8, 4) is 0 Å². The Morgan fingerprint density at radius 3 is 2.03 bits per heavy atom. The van der Waals surface area contributed by atoms with Gasteiger partial charge in [0.2, 0.25) is 5.78 Å². The molecule has 0 saturated heterocycles. The molecule has 1 aromatic heterocycles. The summed E-state index contributed by atoms with van der Waals surface area (Å²) in [5, 5.41) is 0.709. The first-order valence-electron chi connectivity index (χ1n) is 11.7. The molecular formula is C29H24N2O5. The van der Waals surface area contributed by atoms with E-state index in [4.69, 9.17) is 4.74 Å². The Balaban J connectivity index is 1.50. The van der Waals surface area contributed by atoms with Crippen LogP contribution in [-0.2, 0) is 9.53 Å². The van der Waals surface area contributed by atoms with Crippen LogP contribution in [0.4, 0.5) is 0 Å². The predicted octanol–water partition coefficient (Wildman–Crippen LogP) is 4.96. The van der Waals surface area contributed by atoms with Gasteiger partial charge < -0.3 is 9.72 Å². The molecule has 0 radical (unpaired) electrons. The number of benzene rings is 3. The van der Waals surface area contributed by atoms with Crippen LogP contribution in [0, 0.1) is 5.92 Å². The van der Waals surface area contributed by atoms with E-state index in [0.29, 0.717) is 16.5 Å². The molecule has 7 heteroatoms. The smallest absolute Gasteiger partial charge is 0.330 e. The summed E-state index contributed by atoms with van der Waals surface area (Å²) in [5.41, 5.74) is 2.15. The number of carbonyl (C=O) groups is 4. The number of hydrogen-bond acceptors (Lipinski definition) is 5. The fourth-order valence-electron chi connectivity index (χ4n) is 4.64. The Morgan fingerprint density at radius 1 is 0.806 bits per heavy atom. The van der Waals surface area contributed by atoms with Crippen molar-refractivity contribution >= 4 is 34.5 Å². The first kappa shape index (κ1) is 23.2. The second kappa shape index (κ2) is 9.26. The Bertz CT molecular complexity index is 1450. The van der Waals surface area contributed by atoms with Crippen LogP contribution < -0.4 is 0 Å². The molecule has 0 aliphatic carbocycles. The fraction of sp³-hybridized carbons (Fsp3) is 0.172. The first-order valence-corrected chi connectivity index (χ1v) is 11.7. The Morgan fingerprint density at radius 2 is 1.39 bits per heavy atom. The highest BCUT2D eigenvalue weighted by molar-refractivity contribution is 6.22. The number of nitrogens with one attached hydrogen (secondary N) is 1. The number of esters is 1. The number of fused-ring (bicyclic) bond motifs is 2. The minimum absolute atomic E-state index is 0.246. The molecule has 5 rings (SSSR count). The van der Waals surface area contributed by atoms with E-state index in [0.717, 1.165) is 10.4 Å². The summed E-state index contributed by atoms with van der Waals surface area (Å²) in [5.74, 6) is -2.77. The summed E-state index contributed by atoms with van der Waals surface area (Å²) in [4.78, 5) is 57.6. The predicted molar refractivity (Wildman–Crippen MR) is 133 cm³/mol. The van der Waals surface area contributed by atoms with Gasteiger partial charge in [-0.15, -0.1) is 0 Å². The van der Waals surface area contributed by atoms with Crippen LogP contribution in [0.25, 0.3) is 10.9 Å². The monoisotopic (exact) mass is 480 g/mol. The SMILES string of the molecule is CC(C)[C@@H](C(=O)O[C@@H](C(=O)c1c[nH]c2ccccc12)c1ccccc1)N1C(=O)c2ccccc2C1=O. The largest absolute Gasteiger partial charge is 0.447 e. The summed E-state index contributed by atoms with van der Waals surface area (Å²) in [6, 6.07) is 21.3. The molecule has 1 aliphatic rings. The molecule has 0 saturated carbocycles. The van der Waals surface area contributed by atoms with Crippen LogP contribution in [0.15, 0.2) is 85.1 Å². The van der Waals surface area contributed by atoms with Crippen molar-refractivity contribution in [2.45, 2.75) is 26.0 Å². The second-order valence-electron chi connectivity index (χ2n) is 9.05. The molecule has 3 aromatic carbocycles. The number of aromatic amines is 1. The molecule has 0 unspecified atom stereocenters. The zero-order chi connectivity index (χ0) is 25.4. The molecule has 2 atom stereocenters. The number of hydrogen-bond donors (Lipinski definition) is 1. The van der Waals surface area contributed by atoms with Gasteiger partial charge in [-0.1, -0.05) is 74.5 Å². The summed E-state index contributed by atoms with van der Waals surface area (Å²) in [6.45, 7) is 3.46. The van der Waals surface area contributed by atoms with Gasteiger partial charge in [-0.05, 0) is 24.1 Å². The lowest BCUT2D eigenvalue weighted by molar-refractivity contribution is -0.153. The maximum absolute atomic E-state index is 13.7. The van der Waals surface area contributed by atoms with E-state index >= 15 is 0 Å². The van der Waals surface area contributed by atoms with Crippen LogP contribution in [0.1, 0.15) is 56.6 Å². The average Bonchev–Trinajstić information content (AvgIpc) is 3.43. The van der Waals surface area contributed by atoms with Gasteiger partial charge in [0.05, 0.1) is 11.1 Å². The van der Waals surface area contributed by atoms with Crippen LogP contribution >= 0.6 is 0 Å². The van der Waals surface area contributed by atoms with Crippen LogP contribution in [0.5, 0.6) is 0 Å². The van der Waals surface area contributed by atoms with Gasteiger partial charge >= 0.3 is 5.97 Å². The topological polar surface area (TPSA) is 96.5 Å². The van der Waals surface area contributed by atoms with Gasteiger partial charge in [-0.3, -0.25) is 19.3 Å². The van der Waals surface area contributed by atoms with E-state index < -0.39 is 41.6 Å². The molecule has 36 heavy (non-hydrogen) atoms. The normalized spacial score (nSPS) is 14.7. The second-order valence-corrected chi connectivity index (χ2v) is 9.05. The zero-order valence-corrected chi connectivity index (χ0v) is 19.8. The minimum Gasteiger partial charge on any atom is -0.447 e. The molecule has 4 aromatic rings. The number of ether oxygens (including phenoxy) is 1. The third kappa shape index (κ3) is 3.88. The molecule has 180 valence electrons. The number of rotatable bonds is 7. The molecule has 0 bridgehead atoms. The van der Waals surface area contributed by atoms with Crippen molar-refractivity contribution in [1.82, 2.24) is 9.88 Å². The third-order valence-corrected chi connectivity index (χ3v) is 6.41. The van der Waals surface area contributed by atoms with Crippen molar-refractivity contribution in [1.29, 1.82) is 0 Å². The van der Waals surface area contributed by atoms with Crippen molar-refractivity contribution in [2.24, 2.45) is 5.92 Å². The highest BCUT2D eigenvalue weighted by atomic mass is 16.5. The lowest BCUT2D eigenvalue weighted by Crippen LogP contribution is -2.49. The molecule has 1 aliphatic heterocycles. The highest BCUT2D eigenvalue weighted by Crippen LogP contribution is 2.31. The zero-order valence-electron chi connectivity index (χ0n) is 19.8. The molecule has 0 fully saturated rings. The first-order chi connectivity index (χ1) is 17.4. The number of Topliss-reactive ketones (excluding diaryl/α,β-unsaturated/α-hetero) is 1. The summed E-state index contributed by atoms with van der Waals surface area (Å²) in [6.07, 6.45) is 0.343. The standard InChI is InChI=1S/C29H24N2O5/c1-17(2)24(31-27(33)20-13-6-7-14-21(20)28(31)34)29(35)36-26(18-10-4-3-5-11-18)25(32)22-16-30-23-15-9-8-12-19(22)23/h3-17,24,26,30H,1-2H3/t24-,26+/m0/s1. The number of para-hydroxylation sites is 1. The summed E-state index contributed by atoms with van der Waals surface area (Å²) in [7, 11) is 0. The number of H-pyrrole nitrogens is 1. The number of amides is 2. The van der Waals surface area contributed by atoms with Gasteiger partial charge in [-0.2, -0.15) is 0 Å². The lowest BCUT2D eigenvalue weighted by Gasteiger charge is -2.29. The van der Waals surface area contributed by atoms with E-state index in [-0.39, 0.29) is 11.1 Å². The van der Waals surface area contributed by atoms with Gasteiger partial charge in [-0.25, -0.2) is 4.79 Å². The van der Waals surface area contributed by atoms with Gasteiger partial charge in [0.1, 0.15) is 6.04 Å². The molecule has 1 N–H and O–H groups in total. The lowest BCUT2D eigenvalue weighted by atomic mass is 9.98. The van der Waals surface area contributed by atoms with Crippen molar-refractivity contribution in [2.75, 3.05) is 0 Å². The third-order valence-electron chi connectivity index (χ3n) is 6.41. The van der Waals surface area contributed by atoms with Crippen molar-refractivity contribution in [3.63, 3.8) is 0 Å². The van der Waals surface area contributed by atoms with Crippen molar-refractivity contribution in [3.05, 3.63) is 107 Å². The number of imide groups is 1. The number of nitrogens with zero attached hydrogens (tertiary/aromatic N) is 1. The minimum atomic E-state index is -1.26. The van der Waals surface area contributed by atoms with E-state index in [1.54, 1.807) is 74.6 Å². The van der Waals surface area contributed by atoms with Crippen LogP contribution in [0.2, 0.25) is 0 Å². The number of aromatic nitrogens is 1. The Hall–Kier alpha value is -4.52. The van der Waals surface area contributed by atoms with E-state index in [2.05, 4.69) is 4.98 Å². The van der Waals surface area contributed by atoms with E-state index in [9.17, 15) is 19.2 Å². The average molecular weight is 481 g/mol. The maximum atomic E-state index is 13.7. The quantitative estimate of drug-likeness (QED) is 0.229. The van der Waals surface area contributed by atoms with E-state index in [1.165, 1.54) is 0 Å². The highest BCUT2D eigenvalue weighted by Gasteiger charge is 2.45. The van der Waals surface area contributed by atoms with Gasteiger partial charge in [0.15, 0.2) is 6.10 Å². The summed E-state index contributed by atoms with van der Waals surface area (Å²) >= 11 is 0. The van der Waals surface area contributed by atoms with Gasteiger partial charge in [0, 0.05) is 28.2 Å².